The lowest BCUT2D eigenvalue weighted by Crippen LogP contribution is -2.59. The second-order valence-corrected chi connectivity index (χ2v) is 9.26. The average molecular weight is 513 g/mol. The third kappa shape index (κ3) is 10.1. The summed E-state index contributed by atoms with van der Waals surface area (Å²) < 4.78 is 0. The number of carboxylic acids is 1. The predicted molar refractivity (Wildman–Crippen MR) is 133 cm³/mol. The summed E-state index contributed by atoms with van der Waals surface area (Å²) in [5.41, 5.74) is 6.39. The summed E-state index contributed by atoms with van der Waals surface area (Å²) in [5.74, 6) is -3.06. The molecule has 1 rings (SSSR count). The minimum absolute atomic E-state index is 0.0277. The van der Waals surface area contributed by atoms with E-state index < -0.39 is 54.5 Å². The van der Waals surface area contributed by atoms with Gasteiger partial charge in [-0.2, -0.15) is 11.8 Å². The van der Waals surface area contributed by atoms with E-state index in [1.807, 2.05) is 6.26 Å². The number of phenols is 1. The molecule has 3 amide bonds. The first-order chi connectivity index (χ1) is 16.5. The van der Waals surface area contributed by atoms with Crippen molar-refractivity contribution in [3.8, 4) is 5.75 Å². The Balaban J connectivity index is 2.91. The third-order valence-corrected chi connectivity index (χ3v) is 6.21. The molecule has 0 saturated carbocycles. The van der Waals surface area contributed by atoms with E-state index >= 15 is 0 Å². The molecule has 0 heterocycles. The van der Waals surface area contributed by atoms with Crippen LogP contribution in [0, 0.1) is 5.92 Å². The first-order valence-corrected chi connectivity index (χ1v) is 12.7. The van der Waals surface area contributed by atoms with Crippen LogP contribution < -0.4 is 21.7 Å². The number of carbonyl (C=O) groups is 4. The largest absolute Gasteiger partial charge is 0.508 e. The van der Waals surface area contributed by atoms with Gasteiger partial charge in [-0.05, 0) is 42.0 Å². The summed E-state index contributed by atoms with van der Waals surface area (Å²) in [5, 5.41) is 36.0. The Bertz CT molecular complexity index is 853. The summed E-state index contributed by atoms with van der Waals surface area (Å²) in [4.78, 5) is 49.8. The molecule has 0 aliphatic heterocycles. The summed E-state index contributed by atoms with van der Waals surface area (Å²) in [6.45, 7) is 2.81. The predicted octanol–water partition coefficient (Wildman–Crippen LogP) is -0.407. The minimum Gasteiger partial charge on any atom is -0.508 e. The lowest BCUT2D eigenvalue weighted by atomic mass is 9.97. The maximum atomic E-state index is 13.0. The van der Waals surface area contributed by atoms with Crippen LogP contribution in [-0.4, -0.2) is 81.8 Å². The number of phenolic OH excluding ortho intramolecular Hbond substituents is 1. The highest BCUT2D eigenvalue weighted by molar-refractivity contribution is 7.98. The molecule has 196 valence electrons. The highest BCUT2D eigenvalue weighted by Gasteiger charge is 2.32. The Morgan fingerprint density at radius 3 is 2.11 bits per heavy atom. The van der Waals surface area contributed by atoms with Crippen LogP contribution in [-0.2, 0) is 25.6 Å². The molecule has 8 N–H and O–H groups in total. The molecule has 0 radical (unpaired) electrons. The second-order valence-electron chi connectivity index (χ2n) is 8.27. The molecule has 0 saturated heterocycles. The van der Waals surface area contributed by atoms with Gasteiger partial charge in [0, 0.05) is 6.42 Å². The lowest BCUT2D eigenvalue weighted by Gasteiger charge is -2.27. The summed E-state index contributed by atoms with van der Waals surface area (Å²) in [6, 6.07) is 1.35. The number of rotatable bonds is 15. The van der Waals surface area contributed by atoms with Crippen LogP contribution in [0.5, 0.6) is 5.75 Å². The van der Waals surface area contributed by atoms with Crippen molar-refractivity contribution in [3.63, 3.8) is 0 Å². The van der Waals surface area contributed by atoms with Crippen LogP contribution in [0.15, 0.2) is 24.3 Å². The van der Waals surface area contributed by atoms with E-state index in [0.29, 0.717) is 24.2 Å². The van der Waals surface area contributed by atoms with Crippen LogP contribution >= 0.6 is 11.8 Å². The zero-order valence-corrected chi connectivity index (χ0v) is 21.0. The van der Waals surface area contributed by atoms with Gasteiger partial charge in [-0.25, -0.2) is 4.79 Å². The zero-order valence-electron chi connectivity index (χ0n) is 20.2. The second kappa shape index (κ2) is 15.2. The van der Waals surface area contributed by atoms with Gasteiger partial charge in [0.05, 0.1) is 12.6 Å². The molecular formula is C23H36N4O7S. The van der Waals surface area contributed by atoms with Crippen molar-refractivity contribution >= 4 is 35.5 Å². The number of nitrogens with one attached hydrogen (secondary N) is 3. The highest BCUT2D eigenvalue weighted by atomic mass is 32.2. The van der Waals surface area contributed by atoms with E-state index in [2.05, 4.69) is 16.0 Å². The van der Waals surface area contributed by atoms with E-state index in [1.54, 1.807) is 26.0 Å². The van der Waals surface area contributed by atoms with E-state index in [0.717, 1.165) is 0 Å². The monoisotopic (exact) mass is 512 g/mol. The zero-order chi connectivity index (χ0) is 26.5. The smallest absolute Gasteiger partial charge is 0.326 e. The average Bonchev–Trinajstić information content (AvgIpc) is 2.83. The van der Waals surface area contributed by atoms with Crippen LogP contribution in [0.3, 0.4) is 0 Å². The number of carbonyl (C=O) groups excluding carboxylic acids is 3. The third-order valence-electron chi connectivity index (χ3n) is 5.57. The lowest BCUT2D eigenvalue weighted by molar-refractivity contribution is -0.142. The SMILES string of the molecule is CCC(C)C(NC(=O)C(CO)NC(=O)C(N)CCSC)C(=O)NC(Cc1ccc(O)cc1)C(=O)O. The first-order valence-electron chi connectivity index (χ1n) is 11.3. The molecule has 12 heteroatoms. The molecule has 0 aromatic heterocycles. The number of aliphatic hydroxyl groups is 1. The van der Waals surface area contributed by atoms with E-state index in [4.69, 9.17) is 5.73 Å². The molecule has 0 fully saturated rings. The number of aliphatic carboxylic acids is 1. The molecule has 1 aromatic carbocycles. The maximum Gasteiger partial charge on any atom is 0.326 e. The fourth-order valence-electron chi connectivity index (χ4n) is 3.13. The van der Waals surface area contributed by atoms with Crippen molar-refractivity contribution < 1.29 is 34.5 Å². The molecule has 35 heavy (non-hydrogen) atoms. The number of thioether (sulfide) groups is 1. The maximum absolute atomic E-state index is 13.0. The first kappa shape index (κ1) is 30.2. The molecule has 1 aromatic rings. The number of hydrogen-bond acceptors (Lipinski definition) is 8. The molecule has 5 atom stereocenters. The van der Waals surface area contributed by atoms with Crippen molar-refractivity contribution in [2.45, 2.75) is 57.3 Å². The number of hydrogen-bond donors (Lipinski definition) is 7. The number of aromatic hydroxyl groups is 1. The molecule has 0 aliphatic rings. The number of carboxylic acid groups (broad SMARTS) is 1. The van der Waals surface area contributed by atoms with Gasteiger partial charge in [0.1, 0.15) is 23.9 Å². The Morgan fingerprint density at radius 1 is 1.00 bits per heavy atom. The molecule has 0 bridgehead atoms. The van der Waals surface area contributed by atoms with Crippen LogP contribution in [0.1, 0.15) is 32.3 Å². The number of aliphatic hydroxyl groups excluding tert-OH is 1. The van der Waals surface area contributed by atoms with Gasteiger partial charge in [0.15, 0.2) is 0 Å². The van der Waals surface area contributed by atoms with Gasteiger partial charge in [0.2, 0.25) is 17.7 Å². The quantitative estimate of drug-likeness (QED) is 0.164. The minimum atomic E-state index is -1.32. The molecule has 5 unspecified atom stereocenters. The van der Waals surface area contributed by atoms with Gasteiger partial charge >= 0.3 is 5.97 Å². The van der Waals surface area contributed by atoms with E-state index in [1.165, 1.54) is 23.9 Å². The van der Waals surface area contributed by atoms with Crippen molar-refractivity contribution in [2.75, 3.05) is 18.6 Å². The summed E-state index contributed by atoms with van der Waals surface area (Å²) in [7, 11) is 0. The Hall–Kier alpha value is -2.83. The number of benzene rings is 1. The highest BCUT2D eigenvalue weighted by Crippen LogP contribution is 2.13. The van der Waals surface area contributed by atoms with Gasteiger partial charge < -0.3 is 37.0 Å². The van der Waals surface area contributed by atoms with E-state index in [-0.39, 0.29) is 18.1 Å². The fraction of sp³-hybridized carbons (Fsp3) is 0.565. The van der Waals surface area contributed by atoms with Crippen molar-refractivity contribution in [3.05, 3.63) is 29.8 Å². The van der Waals surface area contributed by atoms with Gasteiger partial charge in [-0.15, -0.1) is 0 Å². The fourth-order valence-corrected chi connectivity index (χ4v) is 3.62. The Kier molecular flexibility index (Phi) is 13.1. The van der Waals surface area contributed by atoms with Gasteiger partial charge in [0.25, 0.3) is 0 Å². The molecular weight excluding hydrogens is 476 g/mol. The molecule has 0 spiro atoms. The topological polar surface area (TPSA) is 191 Å². The summed E-state index contributed by atoms with van der Waals surface area (Å²) >= 11 is 1.52. The normalized spacial score (nSPS) is 15.2. The van der Waals surface area contributed by atoms with Crippen LogP contribution in [0.2, 0.25) is 0 Å². The van der Waals surface area contributed by atoms with Gasteiger partial charge in [-0.3, -0.25) is 14.4 Å². The molecule has 11 nitrogen and oxygen atoms in total. The number of nitrogens with two attached hydrogens (primary N) is 1. The van der Waals surface area contributed by atoms with Gasteiger partial charge in [-0.1, -0.05) is 32.4 Å². The molecule has 0 aliphatic carbocycles. The van der Waals surface area contributed by atoms with E-state index in [9.17, 15) is 34.5 Å². The summed E-state index contributed by atoms with van der Waals surface area (Å²) in [6.07, 6.45) is 2.71. The van der Waals surface area contributed by atoms with Crippen molar-refractivity contribution in [1.82, 2.24) is 16.0 Å². The number of amides is 3. The van der Waals surface area contributed by atoms with Crippen LogP contribution in [0.4, 0.5) is 0 Å². The Morgan fingerprint density at radius 2 is 1.60 bits per heavy atom. The van der Waals surface area contributed by atoms with Crippen molar-refractivity contribution in [2.24, 2.45) is 11.7 Å². The standard InChI is InChI=1S/C23H36N4O7S/c1-4-13(2)19(27-21(31)18(12-28)26-20(30)16(24)9-10-35-3)22(32)25-17(23(33)34)11-14-5-7-15(29)8-6-14/h5-8,13,16-19,28-29H,4,9-12,24H2,1-3H3,(H,25,32)(H,26,30)(H,27,31)(H,33,34). The Labute approximate surface area is 209 Å². The van der Waals surface area contributed by atoms with Crippen molar-refractivity contribution in [1.29, 1.82) is 0 Å². The van der Waals surface area contributed by atoms with Crippen LogP contribution in [0.25, 0.3) is 0 Å².